The molecule has 0 saturated carbocycles. The number of aromatic nitrogens is 3. The van der Waals surface area contributed by atoms with Crippen molar-refractivity contribution in [3.63, 3.8) is 0 Å². The van der Waals surface area contributed by atoms with Crippen molar-refractivity contribution in [3.8, 4) is 11.3 Å². The molecule has 3 rings (SSSR count). The van der Waals surface area contributed by atoms with Crippen molar-refractivity contribution in [2.24, 2.45) is 0 Å². The highest BCUT2D eigenvalue weighted by molar-refractivity contribution is 5.91. The quantitative estimate of drug-likeness (QED) is 0.447. The highest BCUT2D eigenvalue weighted by Crippen LogP contribution is 2.23. The van der Waals surface area contributed by atoms with E-state index in [4.69, 9.17) is 4.74 Å². The Kier molecular flexibility index (Phi) is 6.75. The molecular formula is C23H24N4O3. The van der Waals surface area contributed by atoms with Gasteiger partial charge in [0.15, 0.2) is 6.10 Å². The van der Waals surface area contributed by atoms with E-state index in [1.165, 1.54) is 11.0 Å². The van der Waals surface area contributed by atoms with Crippen LogP contribution in [0.4, 0.5) is 0 Å². The first-order valence-electron chi connectivity index (χ1n) is 9.55. The molecule has 7 nitrogen and oxygen atoms in total. The fourth-order valence-electron chi connectivity index (χ4n) is 2.92. The summed E-state index contributed by atoms with van der Waals surface area (Å²) in [5, 5.41) is 4.68. The van der Waals surface area contributed by atoms with Crippen LogP contribution >= 0.6 is 0 Å². The molecule has 0 unspecified atom stereocenters. The van der Waals surface area contributed by atoms with Gasteiger partial charge in [-0.3, -0.25) is 14.5 Å². The van der Waals surface area contributed by atoms with Crippen LogP contribution in [0.15, 0.2) is 67.1 Å². The predicted octanol–water partition coefficient (Wildman–Crippen LogP) is 3.03. The van der Waals surface area contributed by atoms with Crippen molar-refractivity contribution in [1.29, 1.82) is 0 Å². The largest absolute Gasteiger partial charge is 0.449 e. The fourth-order valence-corrected chi connectivity index (χ4v) is 2.92. The Labute approximate surface area is 175 Å². The Morgan fingerprint density at radius 1 is 1.17 bits per heavy atom. The van der Waals surface area contributed by atoms with Gasteiger partial charge in [0.1, 0.15) is 5.69 Å². The summed E-state index contributed by atoms with van der Waals surface area (Å²) in [6.45, 7) is 2.15. The minimum absolute atomic E-state index is 0.275. The molecule has 7 heteroatoms. The van der Waals surface area contributed by atoms with E-state index in [-0.39, 0.29) is 5.91 Å². The van der Waals surface area contributed by atoms with Gasteiger partial charge >= 0.3 is 5.97 Å². The Morgan fingerprint density at radius 2 is 1.93 bits per heavy atom. The van der Waals surface area contributed by atoms with E-state index in [9.17, 15) is 9.59 Å². The number of ether oxygens (including phenoxy) is 1. The Morgan fingerprint density at radius 3 is 2.60 bits per heavy atom. The van der Waals surface area contributed by atoms with Crippen molar-refractivity contribution < 1.29 is 14.3 Å². The molecule has 0 spiro atoms. The second-order valence-electron chi connectivity index (χ2n) is 7.00. The van der Waals surface area contributed by atoms with Crippen LogP contribution < -0.4 is 0 Å². The van der Waals surface area contributed by atoms with E-state index >= 15 is 0 Å². The molecule has 2 aromatic heterocycles. The summed E-state index contributed by atoms with van der Waals surface area (Å²) in [7, 11) is 3.23. The van der Waals surface area contributed by atoms with E-state index in [0.29, 0.717) is 12.2 Å². The third-order valence-corrected chi connectivity index (χ3v) is 4.39. The topological polar surface area (TPSA) is 77.3 Å². The lowest BCUT2D eigenvalue weighted by Crippen LogP contribution is -2.34. The number of rotatable bonds is 7. The average Bonchev–Trinajstić information content (AvgIpc) is 3.15. The molecule has 30 heavy (non-hydrogen) atoms. The number of likely N-dealkylation sites (N-methyl/N-ethyl adjacent to an activating group) is 1. The molecule has 0 saturated heterocycles. The van der Waals surface area contributed by atoms with Gasteiger partial charge in [0.05, 0.1) is 6.54 Å². The summed E-state index contributed by atoms with van der Waals surface area (Å²) in [5.74, 6) is -0.867. The van der Waals surface area contributed by atoms with Crippen LogP contribution in [0.3, 0.4) is 0 Å². The Hall–Kier alpha value is -3.74. The maximum Gasteiger partial charge on any atom is 0.331 e. The summed E-state index contributed by atoms with van der Waals surface area (Å²) in [6, 6.07) is 13.7. The third kappa shape index (κ3) is 5.41. The summed E-state index contributed by atoms with van der Waals surface area (Å²) in [6.07, 6.45) is 7.39. The highest BCUT2D eigenvalue weighted by atomic mass is 16.5. The fraction of sp³-hybridized carbons (Fsp3) is 0.217. The van der Waals surface area contributed by atoms with Gasteiger partial charge in [-0.15, -0.1) is 0 Å². The van der Waals surface area contributed by atoms with Gasteiger partial charge in [-0.05, 0) is 30.7 Å². The maximum absolute atomic E-state index is 12.2. The molecule has 1 atom stereocenters. The second-order valence-corrected chi connectivity index (χ2v) is 7.00. The summed E-state index contributed by atoms with van der Waals surface area (Å²) < 4.78 is 7.01. The van der Waals surface area contributed by atoms with E-state index in [1.54, 1.807) is 39.5 Å². The summed E-state index contributed by atoms with van der Waals surface area (Å²) in [5.41, 5.74) is 3.42. The Bertz CT molecular complexity index is 1030. The number of pyridine rings is 1. The minimum Gasteiger partial charge on any atom is -0.449 e. The monoisotopic (exact) mass is 404 g/mol. The van der Waals surface area contributed by atoms with Gasteiger partial charge in [0, 0.05) is 49.9 Å². The normalized spacial score (nSPS) is 12.0. The number of carbonyl (C=O) groups is 2. The molecule has 0 aliphatic carbocycles. The number of hydrogen-bond donors (Lipinski definition) is 0. The van der Waals surface area contributed by atoms with Crippen LogP contribution in [0.2, 0.25) is 0 Å². The lowest BCUT2D eigenvalue weighted by atomic mass is 10.1. The van der Waals surface area contributed by atoms with E-state index < -0.39 is 12.1 Å². The van der Waals surface area contributed by atoms with E-state index in [2.05, 4.69) is 10.1 Å². The molecular weight excluding hydrogens is 380 g/mol. The van der Waals surface area contributed by atoms with Gasteiger partial charge in [-0.25, -0.2) is 4.79 Å². The molecule has 0 N–H and O–H groups in total. The number of nitrogens with zero attached hydrogens (tertiary/aromatic N) is 4. The van der Waals surface area contributed by atoms with Crippen LogP contribution in [0, 0.1) is 0 Å². The molecule has 1 amide bonds. The molecule has 0 fully saturated rings. The highest BCUT2D eigenvalue weighted by Gasteiger charge is 2.18. The van der Waals surface area contributed by atoms with Crippen molar-refractivity contribution in [2.45, 2.75) is 19.6 Å². The molecule has 154 valence electrons. The number of esters is 1. The second kappa shape index (κ2) is 9.65. The van der Waals surface area contributed by atoms with Gasteiger partial charge in [-0.1, -0.05) is 30.3 Å². The third-order valence-electron chi connectivity index (χ3n) is 4.39. The number of amides is 1. The van der Waals surface area contributed by atoms with Crippen molar-refractivity contribution >= 4 is 18.0 Å². The van der Waals surface area contributed by atoms with E-state index in [1.807, 2.05) is 53.3 Å². The van der Waals surface area contributed by atoms with Gasteiger partial charge in [-0.2, -0.15) is 5.10 Å². The number of carbonyl (C=O) groups excluding carboxylic acids is 2. The number of hydrogen-bond acceptors (Lipinski definition) is 5. The van der Waals surface area contributed by atoms with Crippen LogP contribution in [0.1, 0.15) is 18.1 Å². The maximum atomic E-state index is 12.2. The molecule has 0 bridgehead atoms. The van der Waals surface area contributed by atoms with E-state index in [0.717, 1.165) is 16.7 Å². The molecule has 1 aromatic carbocycles. The molecule has 0 aliphatic heterocycles. The van der Waals surface area contributed by atoms with Gasteiger partial charge in [0.2, 0.25) is 0 Å². The van der Waals surface area contributed by atoms with Gasteiger partial charge in [0.25, 0.3) is 5.91 Å². The first-order valence-corrected chi connectivity index (χ1v) is 9.55. The summed E-state index contributed by atoms with van der Waals surface area (Å²) in [4.78, 5) is 29.6. The molecule has 2 heterocycles. The summed E-state index contributed by atoms with van der Waals surface area (Å²) >= 11 is 0. The zero-order valence-corrected chi connectivity index (χ0v) is 17.2. The molecule has 0 aliphatic rings. The van der Waals surface area contributed by atoms with Gasteiger partial charge < -0.3 is 9.64 Å². The average molecular weight is 404 g/mol. The standard InChI is InChI=1S/C23H24N4O3/c1-17(23(29)26(2)3)30-21(28)12-11-20-16-27(15-18-8-5-4-6-9-18)25-22(20)19-10-7-13-24-14-19/h4-14,16-17H,15H2,1-3H3/b12-11+/t17-/m0/s1. The molecule has 0 radical (unpaired) electrons. The smallest absolute Gasteiger partial charge is 0.331 e. The lowest BCUT2D eigenvalue weighted by molar-refractivity contribution is -0.153. The van der Waals surface area contributed by atoms with Crippen LogP contribution in [0.5, 0.6) is 0 Å². The van der Waals surface area contributed by atoms with Crippen molar-refractivity contribution in [2.75, 3.05) is 14.1 Å². The molecule has 3 aromatic rings. The first kappa shape index (κ1) is 21.0. The van der Waals surface area contributed by atoms with Crippen molar-refractivity contribution in [1.82, 2.24) is 19.7 Å². The lowest BCUT2D eigenvalue weighted by Gasteiger charge is -2.16. The Balaban J connectivity index is 1.82. The minimum atomic E-state index is -0.851. The van der Waals surface area contributed by atoms with Crippen LogP contribution in [-0.2, 0) is 20.9 Å². The zero-order valence-electron chi connectivity index (χ0n) is 17.2. The predicted molar refractivity (Wildman–Crippen MR) is 114 cm³/mol. The van der Waals surface area contributed by atoms with Crippen LogP contribution in [0.25, 0.3) is 17.3 Å². The number of benzene rings is 1. The van der Waals surface area contributed by atoms with Crippen LogP contribution in [-0.4, -0.2) is 51.7 Å². The first-order chi connectivity index (χ1) is 14.4. The van der Waals surface area contributed by atoms with Crippen molar-refractivity contribution in [3.05, 3.63) is 78.3 Å². The zero-order chi connectivity index (χ0) is 21.5. The SMILES string of the molecule is C[C@H](OC(=O)/C=C/c1cn(Cc2ccccc2)nc1-c1cccnc1)C(=O)N(C)C.